The molecule has 0 aliphatic rings. The Bertz CT molecular complexity index is 1030. The van der Waals surface area contributed by atoms with Crippen molar-refractivity contribution in [3.05, 3.63) is 64.2 Å². The molecule has 1 amide bonds. The minimum absolute atomic E-state index is 0.168. The molecule has 0 saturated carbocycles. The van der Waals surface area contributed by atoms with Gasteiger partial charge in [0.05, 0.1) is 5.69 Å². The number of nitrogens with zero attached hydrogens (tertiary/aromatic N) is 1. The molecule has 0 fully saturated rings. The van der Waals surface area contributed by atoms with Gasteiger partial charge in [-0.3, -0.25) is 9.59 Å². The highest BCUT2D eigenvalue weighted by Crippen LogP contribution is 2.17. The Morgan fingerprint density at radius 1 is 1.24 bits per heavy atom. The van der Waals surface area contributed by atoms with Crippen LogP contribution < -0.4 is 15.5 Å². The molecule has 3 aromatic rings. The molecule has 2 aromatic heterocycles. The third kappa shape index (κ3) is 5.28. The van der Waals surface area contributed by atoms with Crippen LogP contribution in [0.15, 0.2) is 47.5 Å². The maximum absolute atomic E-state index is 12.2. The SMILES string of the molecule is Cc1c(OCC(=O)NCCc2c[nH]c3ccccc23)c(=O)ccn1CCC(C)C. The summed E-state index contributed by atoms with van der Waals surface area (Å²) >= 11 is 0. The van der Waals surface area contributed by atoms with Gasteiger partial charge in [0, 0.05) is 42.5 Å². The molecule has 0 bridgehead atoms. The Morgan fingerprint density at radius 2 is 2.03 bits per heavy atom. The van der Waals surface area contributed by atoms with E-state index in [1.165, 1.54) is 11.5 Å². The first-order chi connectivity index (χ1) is 14.0. The summed E-state index contributed by atoms with van der Waals surface area (Å²) in [5.74, 6) is 0.588. The second kappa shape index (κ2) is 9.45. The summed E-state index contributed by atoms with van der Waals surface area (Å²) in [7, 11) is 0. The van der Waals surface area contributed by atoms with E-state index >= 15 is 0 Å². The monoisotopic (exact) mass is 395 g/mol. The molecule has 0 spiro atoms. The van der Waals surface area contributed by atoms with Crippen molar-refractivity contribution in [2.45, 2.75) is 40.2 Å². The number of H-pyrrole nitrogens is 1. The Morgan fingerprint density at radius 3 is 2.83 bits per heavy atom. The van der Waals surface area contributed by atoms with Crippen LogP contribution in [0.4, 0.5) is 0 Å². The zero-order valence-electron chi connectivity index (χ0n) is 17.3. The number of carbonyl (C=O) groups is 1. The summed E-state index contributed by atoms with van der Waals surface area (Å²) in [6.07, 6.45) is 5.49. The molecule has 2 heterocycles. The predicted molar refractivity (Wildman–Crippen MR) is 115 cm³/mol. The fourth-order valence-corrected chi connectivity index (χ4v) is 3.33. The molecule has 0 aliphatic carbocycles. The van der Waals surface area contributed by atoms with Gasteiger partial charge in [0.15, 0.2) is 12.4 Å². The van der Waals surface area contributed by atoms with E-state index in [9.17, 15) is 9.59 Å². The third-order valence-corrected chi connectivity index (χ3v) is 5.08. The summed E-state index contributed by atoms with van der Waals surface area (Å²) in [5.41, 5.74) is 2.80. The molecule has 0 radical (unpaired) electrons. The van der Waals surface area contributed by atoms with Crippen LogP contribution in [0.3, 0.4) is 0 Å². The zero-order chi connectivity index (χ0) is 20.8. The van der Waals surface area contributed by atoms with Gasteiger partial charge in [-0.2, -0.15) is 0 Å². The Labute approximate surface area is 170 Å². The molecule has 29 heavy (non-hydrogen) atoms. The van der Waals surface area contributed by atoms with Gasteiger partial charge in [-0.25, -0.2) is 0 Å². The van der Waals surface area contributed by atoms with Gasteiger partial charge in [0.2, 0.25) is 5.43 Å². The number of para-hydroxylation sites is 1. The Balaban J connectivity index is 1.52. The second-order valence-corrected chi connectivity index (χ2v) is 7.72. The maximum Gasteiger partial charge on any atom is 0.257 e. The van der Waals surface area contributed by atoms with Gasteiger partial charge < -0.3 is 19.6 Å². The molecule has 3 rings (SSSR count). The second-order valence-electron chi connectivity index (χ2n) is 7.72. The highest BCUT2D eigenvalue weighted by atomic mass is 16.5. The standard InChI is InChI=1S/C23H29N3O3/c1-16(2)9-12-26-13-10-21(27)23(17(26)3)29-15-22(28)24-11-8-18-14-25-20-7-5-4-6-19(18)20/h4-7,10,13-14,16,25H,8-9,11-12,15H2,1-3H3,(H,24,28). The molecular formula is C23H29N3O3. The third-order valence-electron chi connectivity index (χ3n) is 5.08. The van der Waals surface area contributed by atoms with Crippen LogP contribution in [-0.2, 0) is 17.8 Å². The summed E-state index contributed by atoms with van der Waals surface area (Å²) < 4.78 is 7.59. The first kappa shape index (κ1) is 20.7. The molecule has 1 aromatic carbocycles. The first-order valence-electron chi connectivity index (χ1n) is 10.1. The fourth-order valence-electron chi connectivity index (χ4n) is 3.33. The van der Waals surface area contributed by atoms with Gasteiger partial charge in [0.25, 0.3) is 5.91 Å². The van der Waals surface area contributed by atoms with Gasteiger partial charge in [-0.15, -0.1) is 0 Å². The number of rotatable bonds is 9. The molecule has 6 nitrogen and oxygen atoms in total. The maximum atomic E-state index is 12.2. The van der Waals surface area contributed by atoms with E-state index in [1.807, 2.05) is 35.9 Å². The molecule has 0 atom stereocenters. The number of fused-ring (bicyclic) bond motifs is 1. The predicted octanol–water partition coefficient (Wildman–Crippen LogP) is 3.42. The van der Waals surface area contributed by atoms with Crippen LogP contribution in [0.25, 0.3) is 10.9 Å². The van der Waals surface area contributed by atoms with Crippen LogP contribution in [0.1, 0.15) is 31.5 Å². The van der Waals surface area contributed by atoms with E-state index in [0.717, 1.165) is 36.2 Å². The van der Waals surface area contributed by atoms with Crippen molar-refractivity contribution in [1.29, 1.82) is 0 Å². The lowest BCUT2D eigenvalue weighted by molar-refractivity contribution is -0.123. The van der Waals surface area contributed by atoms with Crippen LogP contribution in [-0.4, -0.2) is 28.6 Å². The number of amides is 1. The number of aromatic amines is 1. The van der Waals surface area contributed by atoms with Crippen LogP contribution in [0.5, 0.6) is 5.75 Å². The van der Waals surface area contributed by atoms with Crippen molar-refractivity contribution >= 4 is 16.8 Å². The molecule has 0 aliphatic heterocycles. The minimum atomic E-state index is -0.235. The zero-order valence-corrected chi connectivity index (χ0v) is 17.3. The smallest absolute Gasteiger partial charge is 0.257 e. The number of nitrogens with one attached hydrogen (secondary N) is 2. The largest absolute Gasteiger partial charge is 0.478 e. The van der Waals surface area contributed by atoms with E-state index in [2.05, 4.69) is 30.2 Å². The highest BCUT2D eigenvalue weighted by Gasteiger charge is 2.11. The van der Waals surface area contributed by atoms with E-state index in [0.29, 0.717) is 12.5 Å². The van der Waals surface area contributed by atoms with Crippen molar-refractivity contribution in [2.75, 3.05) is 13.2 Å². The molecule has 2 N–H and O–H groups in total. The number of hydrogen-bond donors (Lipinski definition) is 2. The summed E-state index contributed by atoms with van der Waals surface area (Å²) in [6, 6.07) is 9.58. The Kier molecular flexibility index (Phi) is 6.75. The van der Waals surface area contributed by atoms with E-state index < -0.39 is 0 Å². The summed E-state index contributed by atoms with van der Waals surface area (Å²) in [6.45, 7) is 7.34. The highest BCUT2D eigenvalue weighted by molar-refractivity contribution is 5.83. The molecule has 154 valence electrons. The first-order valence-corrected chi connectivity index (χ1v) is 10.1. The van der Waals surface area contributed by atoms with Crippen LogP contribution in [0, 0.1) is 12.8 Å². The van der Waals surface area contributed by atoms with Gasteiger partial charge in [-0.05, 0) is 37.3 Å². The fraction of sp³-hybridized carbons (Fsp3) is 0.391. The number of pyridine rings is 1. The van der Waals surface area contributed by atoms with Gasteiger partial charge in [0.1, 0.15) is 0 Å². The Hall–Kier alpha value is -3.02. The van der Waals surface area contributed by atoms with Crippen molar-refractivity contribution in [1.82, 2.24) is 14.9 Å². The number of benzene rings is 1. The van der Waals surface area contributed by atoms with Crippen molar-refractivity contribution in [3.8, 4) is 5.75 Å². The topological polar surface area (TPSA) is 76.1 Å². The van der Waals surface area contributed by atoms with E-state index in [4.69, 9.17) is 4.74 Å². The lowest BCUT2D eigenvalue weighted by atomic mass is 10.1. The average molecular weight is 396 g/mol. The number of carbonyl (C=O) groups excluding carboxylic acids is 1. The molecular weight excluding hydrogens is 366 g/mol. The van der Waals surface area contributed by atoms with Crippen molar-refractivity contribution in [3.63, 3.8) is 0 Å². The van der Waals surface area contributed by atoms with Crippen molar-refractivity contribution in [2.24, 2.45) is 5.92 Å². The lowest BCUT2D eigenvalue weighted by Crippen LogP contribution is -2.31. The van der Waals surface area contributed by atoms with Gasteiger partial charge in [-0.1, -0.05) is 32.0 Å². The average Bonchev–Trinajstić information content (AvgIpc) is 3.10. The summed E-state index contributed by atoms with van der Waals surface area (Å²) in [4.78, 5) is 27.6. The van der Waals surface area contributed by atoms with E-state index in [-0.39, 0.29) is 23.7 Å². The quantitative estimate of drug-likeness (QED) is 0.583. The minimum Gasteiger partial charge on any atom is -0.478 e. The molecule has 6 heteroatoms. The van der Waals surface area contributed by atoms with Crippen molar-refractivity contribution < 1.29 is 9.53 Å². The van der Waals surface area contributed by atoms with Crippen LogP contribution in [0.2, 0.25) is 0 Å². The van der Waals surface area contributed by atoms with Crippen LogP contribution >= 0.6 is 0 Å². The number of hydrogen-bond acceptors (Lipinski definition) is 3. The number of aryl methyl sites for hydroxylation is 1. The molecule has 0 unspecified atom stereocenters. The number of ether oxygens (including phenoxy) is 1. The normalized spacial score (nSPS) is 11.2. The molecule has 0 saturated heterocycles. The number of aromatic nitrogens is 2. The summed E-state index contributed by atoms with van der Waals surface area (Å²) in [5, 5.41) is 4.03. The lowest BCUT2D eigenvalue weighted by Gasteiger charge is -2.15. The van der Waals surface area contributed by atoms with Gasteiger partial charge >= 0.3 is 0 Å². The van der Waals surface area contributed by atoms with E-state index in [1.54, 1.807) is 6.20 Å².